The summed E-state index contributed by atoms with van der Waals surface area (Å²) in [7, 11) is 0. The number of aliphatic hydroxyl groups excluding tert-OH is 1. The van der Waals surface area contributed by atoms with Crippen LogP contribution in [0.1, 0.15) is 17.4 Å². The maximum Gasteiger partial charge on any atom is 0.319 e. The van der Waals surface area contributed by atoms with Crippen molar-refractivity contribution in [3.8, 4) is 5.69 Å². The average molecular weight is 342 g/mol. The third-order valence-electron chi connectivity index (χ3n) is 3.51. The van der Waals surface area contributed by atoms with Crippen LogP contribution in [0.2, 0.25) is 0 Å². The molecule has 3 N–H and O–H groups in total. The van der Waals surface area contributed by atoms with Crippen LogP contribution in [0.4, 0.5) is 10.5 Å². The van der Waals surface area contributed by atoms with Gasteiger partial charge in [-0.3, -0.25) is 0 Å². The van der Waals surface area contributed by atoms with Crippen LogP contribution in [0.25, 0.3) is 5.69 Å². The van der Waals surface area contributed by atoms with E-state index in [2.05, 4.69) is 15.7 Å². The van der Waals surface area contributed by atoms with E-state index in [1.165, 1.54) is 11.3 Å². The van der Waals surface area contributed by atoms with Crippen LogP contribution < -0.4 is 10.6 Å². The first-order valence-corrected chi connectivity index (χ1v) is 8.44. The summed E-state index contributed by atoms with van der Waals surface area (Å²) >= 11 is 1.51. The Kier molecular flexibility index (Phi) is 4.93. The number of aliphatic hydroxyl groups is 1. The Morgan fingerprint density at radius 1 is 1.33 bits per heavy atom. The van der Waals surface area contributed by atoms with Crippen molar-refractivity contribution in [2.75, 3.05) is 11.9 Å². The molecule has 0 bridgehead atoms. The van der Waals surface area contributed by atoms with E-state index in [4.69, 9.17) is 0 Å². The van der Waals surface area contributed by atoms with Crippen LogP contribution in [0.5, 0.6) is 0 Å². The highest BCUT2D eigenvalue weighted by Crippen LogP contribution is 2.19. The molecule has 2 amide bonds. The van der Waals surface area contributed by atoms with E-state index in [1.54, 1.807) is 10.7 Å². The number of carbonyl (C=O) groups is 1. The van der Waals surface area contributed by atoms with E-state index < -0.39 is 6.10 Å². The highest BCUT2D eigenvalue weighted by molar-refractivity contribution is 7.07. The van der Waals surface area contributed by atoms with Crippen molar-refractivity contribution < 1.29 is 9.90 Å². The number of nitrogens with one attached hydrogen (secondary N) is 2. The smallest absolute Gasteiger partial charge is 0.319 e. The topological polar surface area (TPSA) is 79.2 Å². The van der Waals surface area contributed by atoms with Gasteiger partial charge in [-0.15, -0.1) is 0 Å². The second kappa shape index (κ2) is 7.29. The highest BCUT2D eigenvalue weighted by Gasteiger charge is 2.12. The van der Waals surface area contributed by atoms with E-state index in [-0.39, 0.29) is 12.6 Å². The maximum absolute atomic E-state index is 12.1. The largest absolute Gasteiger partial charge is 0.387 e. The van der Waals surface area contributed by atoms with Crippen molar-refractivity contribution in [3.63, 3.8) is 0 Å². The summed E-state index contributed by atoms with van der Waals surface area (Å²) in [5.74, 6) is 0. The molecule has 0 aliphatic heterocycles. The highest BCUT2D eigenvalue weighted by atomic mass is 32.1. The number of nitrogens with zero attached hydrogens (tertiary/aromatic N) is 2. The predicted molar refractivity (Wildman–Crippen MR) is 94.6 cm³/mol. The van der Waals surface area contributed by atoms with Gasteiger partial charge in [0.1, 0.15) is 0 Å². The molecule has 2 aromatic heterocycles. The quantitative estimate of drug-likeness (QED) is 0.666. The van der Waals surface area contributed by atoms with Gasteiger partial charge in [0.15, 0.2) is 0 Å². The molecule has 3 rings (SSSR count). The van der Waals surface area contributed by atoms with Crippen molar-refractivity contribution in [1.29, 1.82) is 0 Å². The number of urea groups is 1. The Morgan fingerprint density at radius 3 is 2.88 bits per heavy atom. The lowest BCUT2D eigenvalue weighted by atomic mass is 10.2. The number of aromatic nitrogens is 2. The number of rotatable bonds is 5. The summed E-state index contributed by atoms with van der Waals surface area (Å²) in [6.45, 7) is 2.05. The monoisotopic (exact) mass is 342 g/mol. The van der Waals surface area contributed by atoms with Crippen molar-refractivity contribution in [2.24, 2.45) is 0 Å². The molecule has 7 heteroatoms. The average Bonchev–Trinajstić information content (AvgIpc) is 3.25. The Bertz CT molecular complexity index is 814. The molecule has 0 spiro atoms. The molecule has 0 aliphatic carbocycles. The number of para-hydroxylation sites is 2. The number of amides is 2. The summed E-state index contributed by atoms with van der Waals surface area (Å²) in [6.07, 6.45) is 1.12. The van der Waals surface area contributed by atoms with Crippen molar-refractivity contribution in [3.05, 3.63) is 64.6 Å². The van der Waals surface area contributed by atoms with Crippen molar-refractivity contribution in [2.45, 2.75) is 13.0 Å². The third-order valence-corrected chi connectivity index (χ3v) is 4.21. The standard InChI is InChI=1S/C17H18N4O2S/c1-12-6-8-21(20-12)15-5-3-2-4-14(15)19-17(23)18-10-16(22)13-7-9-24-11-13/h2-9,11,16,22H,10H2,1H3,(H2,18,19,23). The van der Waals surface area contributed by atoms with Gasteiger partial charge in [-0.25, -0.2) is 9.48 Å². The molecule has 6 nitrogen and oxygen atoms in total. The normalized spacial score (nSPS) is 11.9. The molecular weight excluding hydrogens is 324 g/mol. The molecule has 0 radical (unpaired) electrons. The van der Waals surface area contributed by atoms with Crippen LogP contribution in [0, 0.1) is 6.92 Å². The van der Waals surface area contributed by atoms with E-state index in [1.807, 2.05) is 54.2 Å². The summed E-state index contributed by atoms with van der Waals surface area (Å²) < 4.78 is 1.71. The zero-order valence-electron chi connectivity index (χ0n) is 13.1. The Morgan fingerprint density at radius 2 is 2.17 bits per heavy atom. The van der Waals surface area contributed by atoms with Crippen LogP contribution >= 0.6 is 11.3 Å². The first-order valence-electron chi connectivity index (χ1n) is 7.50. The number of carbonyl (C=O) groups excluding carboxylic acids is 1. The van der Waals surface area contributed by atoms with Gasteiger partial charge in [-0.1, -0.05) is 12.1 Å². The minimum Gasteiger partial charge on any atom is -0.387 e. The van der Waals surface area contributed by atoms with E-state index >= 15 is 0 Å². The van der Waals surface area contributed by atoms with Crippen LogP contribution in [0.15, 0.2) is 53.4 Å². The van der Waals surface area contributed by atoms with Gasteiger partial charge in [0.25, 0.3) is 0 Å². The summed E-state index contributed by atoms with van der Waals surface area (Å²) in [6, 6.07) is 10.8. The Hall–Kier alpha value is -2.64. The second-order valence-electron chi connectivity index (χ2n) is 5.33. The number of thiophene rings is 1. The van der Waals surface area contributed by atoms with Crippen molar-refractivity contribution >= 4 is 23.1 Å². The van der Waals surface area contributed by atoms with E-state index in [0.29, 0.717) is 5.69 Å². The van der Waals surface area contributed by atoms with Gasteiger partial charge in [-0.05, 0) is 47.5 Å². The number of hydrogen-bond donors (Lipinski definition) is 3. The molecule has 1 atom stereocenters. The number of aryl methyl sites for hydroxylation is 1. The van der Waals surface area contributed by atoms with Gasteiger partial charge in [-0.2, -0.15) is 16.4 Å². The fourth-order valence-corrected chi connectivity index (χ4v) is 2.97. The Balaban J connectivity index is 1.64. The van der Waals surface area contributed by atoms with Crippen LogP contribution in [0.3, 0.4) is 0 Å². The molecule has 0 saturated carbocycles. The van der Waals surface area contributed by atoms with E-state index in [0.717, 1.165) is 16.9 Å². The predicted octanol–water partition coefficient (Wildman–Crippen LogP) is 3.10. The minimum atomic E-state index is -0.717. The maximum atomic E-state index is 12.1. The molecule has 1 aromatic carbocycles. The lowest BCUT2D eigenvalue weighted by Crippen LogP contribution is -2.32. The third kappa shape index (κ3) is 3.81. The fraction of sp³-hybridized carbons (Fsp3) is 0.176. The number of hydrogen-bond acceptors (Lipinski definition) is 4. The van der Waals surface area contributed by atoms with Gasteiger partial charge >= 0.3 is 6.03 Å². The lowest BCUT2D eigenvalue weighted by molar-refractivity contribution is 0.175. The van der Waals surface area contributed by atoms with Crippen LogP contribution in [-0.4, -0.2) is 27.5 Å². The molecule has 3 aromatic rings. The molecule has 0 aliphatic rings. The fourth-order valence-electron chi connectivity index (χ4n) is 2.27. The molecule has 24 heavy (non-hydrogen) atoms. The lowest BCUT2D eigenvalue weighted by Gasteiger charge is -2.14. The molecule has 124 valence electrons. The molecule has 1 unspecified atom stereocenters. The molecule has 0 saturated heterocycles. The van der Waals surface area contributed by atoms with Crippen LogP contribution in [-0.2, 0) is 0 Å². The zero-order chi connectivity index (χ0) is 16.9. The number of anilines is 1. The van der Waals surface area contributed by atoms with Gasteiger partial charge in [0.05, 0.1) is 23.2 Å². The van der Waals surface area contributed by atoms with E-state index in [9.17, 15) is 9.90 Å². The minimum absolute atomic E-state index is 0.144. The first kappa shape index (κ1) is 16.2. The number of benzene rings is 1. The zero-order valence-corrected chi connectivity index (χ0v) is 14.0. The summed E-state index contributed by atoms with van der Waals surface area (Å²) in [4.78, 5) is 12.1. The summed E-state index contributed by atoms with van der Waals surface area (Å²) in [5, 5.41) is 23.6. The van der Waals surface area contributed by atoms with Gasteiger partial charge in [0, 0.05) is 12.7 Å². The van der Waals surface area contributed by atoms with Gasteiger partial charge in [0.2, 0.25) is 0 Å². The molecule has 0 fully saturated rings. The SMILES string of the molecule is Cc1ccn(-c2ccccc2NC(=O)NCC(O)c2ccsc2)n1. The second-order valence-corrected chi connectivity index (χ2v) is 6.11. The summed E-state index contributed by atoms with van der Waals surface area (Å²) in [5.41, 5.74) is 3.11. The molecule has 2 heterocycles. The van der Waals surface area contributed by atoms with Gasteiger partial charge < -0.3 is 15.7 Å². The first-order chi connectivity index (χ1) is 11.6. The Labute approximate surface area is 143 Å². The molecular formula is C17H18N4O2S. The van der Waals surface area contributed by atoms with Crippen molar-refractivity contribution in [1.82, 2.24) is 15.1 Å².